The molecular formula is C12H12IN3O3S. The van der Waals surface area contributed by atoms with Crippen molar-refractivity contribution in [2.75, 3.05) is 12.4 Å². The molecule has 20 heavy (non-hydrogen) atoms. The van der Waals surface area contributed by atoms with Gasteiger partial charge in [0.2, 0.25) is 0 Å². The van der Waals surface area contributed by atoms with Crippen LogP contribution in [0.5, 0.6) is 0 Å². The summed E-state index contributed by atoms with van der Waals surface area (Å²) >= 11 is 3.37. The number of amides is 1. The van der Waals surface area contributed by atoms with Crippen molar-refractivity contribution in [1.82, 2.24) is 9.78 Å². The second-order valence-corrected chi connectivity index (χ2v) is 6.43. The Balaban J connectivity index is 2.31. The quantitative estimate of drug-likeness (QED) is 0.629. The number of aromatic nitrogens is 2. The van der Waals surface area contributed by atoms with E-state index in [4.69, 9.17) is 4.74 Å². The predicted octanol–water partition coefficient (Wildman–Crippen LogP) is 2.43. The molecule has 2 rings (SSSR count). The summed E-state index contributed by atoms with van der Waals surface area (Å²) in [5.41, 5.74) is 0.813. The number of nitrogens with zero attached hydrogens (tertiary/aromatic N) is 2. The van der Waals surface area contributed by atoms with Crippen LogP contribution < -0.4 is 5.32 Å². The van der Waals surface area contributed by atoms with E-state index < -0.39 is 5.97 Å². The van der Waals surface area contributed by atoms with Gasteiger partial charge in [0.25, 0.3) is 5.91 Å². The molecule has 0 saturated heterocycles. The van der Waals surface area contributed by atoms with Crippen LogP contribution in [0.25, 0.3) is 0 Å². The number of ether oxygens (including phenoxy) is 1. The molecule has 0 fully saturated rings. The average molecular weight is 405 g/mol. The monoisotopic (exact) mass is 405 g/mol. The number of aryl methyl sites for hydroxylation is 2. The first kappa shape index (κ1) is 15.0. The van der Waals surface area contributed by atoms with E-state index in [0.717, 1.165) is 8.45 Å². The molecule has 0 aliphatic rings. The van der Waals surface area contributed by atoms with E-state index in [1.165, 1.54) is 23.1 Å². The van der Waals surface area contributed by atoms with Crippen LogP contribution >= 0.6 is 33.9 Å². The Morgan fingerprint density at radius 1 is 1.50 bits per heavy atom. The third kappa shape index (κ3) is 2.85. The minimum absolute atomic E-state index is 0.304. The van der Waals surface area contributed by atoms with Crippen molar-refractivity contribution < 1.29 is 14.3 Å². The topological polar surface area (TPSA) is 73.2 Å². The van der Waals surface area contributed by atoms with Crippen molar-refractivity contribution in [1.29, 1.82) is 0 Å². The van der Waals surface area contributed by atoms with Gasteiger partial charge in [-0.25, -0.2) is 4.79 Å². The Morgan fingerprint density at radius 2 is 2.20 bits per heavy atom. The predicted molar refractivity (Wildman–Crippen MR) is 84.3 cm³/mol. The summed E-state index contributed by atoms with van der Waals surface area (Å²) in [4.78, 5) is 24.8. The zero-order valence-electron chi connectivity index (χ0n) is 11.1. The highest BCUT2D eigenvalue weighted by Gasteiger charge is 2.21. The Hall–Kier alpha value is -1.42. The van der Waals surface area contributed by atoms with E-state index in [-0.39, 0.29) is 5.91 Å². The number of thiophene rings is 1. The molecule has 2 aromatic rings. The Kier molecular flexibility index (Phi) is 4.43. The van der Waals surface area contributed by atoms with E-state index in [2.05, 4.69) is 10.4 Å². The minimum Gasteiger partial charge on any atom is -0.465 e. The molecule has 0 radical (unpaired) electrons. The summed E-state index contributed by atoms with van der Waals surface area (Å²) < 4.78 is 6.95. The molecule has 0 aliphatic heterocycles. The third-order valence-electron chi connectivity index (χ3n) is 2.60. The van der Waals surface area contributed by atoms with Gasteiger partial charge in [0, 0.05) is 11.9 Å². The lowest BCUT2D eigenvalue weighted by atomic mass is 10.3. The zero-order valence-corrected chi connectivity index (χ0v) is 14.0. The van der Waals surface area contributed by atoms with Crippen LogP contribution in [0.3, 0.4) is 0 Å². The van der Waals surface area contributed by atoms with Crippen molar-refractivity contribution in [2.24, 2.45) is 7.05 Å². The molecule has 0 unspecified atom stereocenters. The fourth-order valence-corrected chi connectivity index (χ4v) is 3.31. The first-order valence-corrected chi connectivity index (χ1v) is 7.51. The molecule has 6 nitrogen and oxygen atoms in total. The van der Waals surface area contributed by atoms with Crippen LogP contribution in [0.15, 0.2) is 12.3 Å². The summed E-state index contributed by atoms with van der Waals surface area (Å²) in [5, 5.41) is 7.24. The lowest BCUT2D eigenvalue weighted by molar-refractivity contribution is 0.0602. The molecule has 1 N–H and O–H groups in total. The van der Waals surface area contributed by atoms with Crippen molar-refractivity contribution in [2.45, 2.75) is 6.92 Å². The normalized spacial score (nSPS) is 10.4. The third-order valence-corrected chi connectivity index (χ3v) is 4.35. The second-order valence-electron chi connectivity index (χ2n) is 4.01. The van der Waals surface area contributed by atoms with Gasteiger partial charge < -0.3 is 10.1 Å². The summed E-state index contributed by atoms with van der Waals surface area (Å²) in [6.07, 6.45) is 1.61. The minimum atomic E-state index is -0.468. The van der Waals surface area contributed by atoms with E-state index >= 15 is 0 Å². The molecule has 0 bridgehead atoms. The highest BCUT2D eigenvalue weighted by molar-refractivity contribution is 14.1. The standard InChI is InChI=1S/C12H12IN3O3S/c1-6-4-7(12(18)19-3)11(20-6)15-10(17)9-8(13)5-14-16(9)2/h4-5H,1-3H3,(H,15,17). The van der Waals surface area contributed by atoms with Gasteiger partial charge in [0.1, 0.15) is 10.7 Å². The fourth-order valence-electron chi connectivity index (χ4n) is 1.70. The van der Waals surface area contributed by atoms with Crippen LogP contribution in [0.1, 0.15) is 25.7 Å². The Labute approximate surface area is 133 Å². The van der Waals surface area contributed by atoms with E-state index in [0.29, 0.717) is 16.3 Å². The summed E-state index contributed by atoms with van der Waals surface area (Å²) in [6, 6.07) is 1.69. The SMILES string of the molecule is COC(=O)c1cc(C)sc1NC(=O)c1c(I)cnn1C. The Bertz CT molecular complexity index is 658. The highest BCUT2D eigenvalue weighted by atomic mass is 127. The molecule has 8 heteroatoms. The van der Waals surface area contributed by atoms with Gasteiger partial charge in [-0.15, -0.1) is 11.3 Å². The fraction of sp³-hybridized carbons (Fsp3) is 0.250. The van der Waals surface area contributed by atoms with Gasteiger partial charge in [-0.1, -0.05) is 0 Å². The van der Waals surface area contributed by atoms with Gasteiger partial charge in [-0.05, 0) is 35.6 Å². The summed E-state index contributed by atoms with van der Waals surface area (Å²) in [7, 11) is 3.00. The largest absolute Gasteiger partial charge is 0.465 e. The number of halogens is 1. The van der Waals surface area contributed by atoms with E-state index in [9.17, 15) is 9.59 Å². The molecule has 0 saturated carbocycles. The maximum absolute atomic E-state index is 12.3. The summed E-state index contributed by atoms with van der Waals surface area (Å²) in [6.45, 7) is 1.86. The lowest BCUT2D eigenvalue weighted by Crippen LogP contribution is -2.18. The number of esters is 1. The van der Waals surface area contributed by atoms with Crippen molar-refractivity contribution >= 4 is 50.8 Å². The molecule has 2 aromatic heterocycles. The molecule has 0 spiro atoms. The number of anilines is 1. The van der Waals surface area contributed by atoms with Crippen LogP contribution in [0, 0.1) is 10.5 Å². The highest BCUT2D eigenvalue weighted by Crippen LogP contribution is 2.29. The molecule has 0 atom stereocenters. The molecular weight excluding hydrogens is 393 g/mol. The van der Waals surface area contributed by atoms with Gasteiger partial charge in [0.05, 0.1) is 22.4 Å². The van der Waals surface area contributed by atoms with E-state index in [1.54, 1.807) is 19.3 Å². The Morgan fingerprint density at radius 3 is 2.75 bits per heavy atom. The van der Waals surface area contributed by atoms with Crippen molar-refractivity contribution in [3.63, 3.8) is 0 Å². The summed E-state index contributed by atoms with van der Waals surface area (Å²) in [5.74, 6) is -0.772. The van der Waals surface area contributed by atoms with Crippen LogP contribution in [0.2, 0.25) is 0 Å². The van der Waals surface area contributed by atoms with E-state index in [1.807, 2.05) is 29.5 Å². The van der Waals surface area contributed by atoms with Crippen LogP contribution in [-0.2, 0) is 11.8 Å². The maximum Gasteiger partial charge on any atom is 0.340 e. The number of carbonyl (C=O) groups excluding carboxylic acids is 2. The second kappa shape index (κ2) is 5.92. The van der Waals surface area contributed by atoms with Crippen LogP contribution in [0.4, 0.5) is 5.00 Å². The van der Waals surface area contributed by atoms with Crippen LogP contribution in [-0.4, -0.2) is 28.8 Å². The number of carbonyl (C=O) groups is 2. The van der Waals surface area contributed by atoms with Gasteiger partial charge >= 0.3 is 5.97 Å². The first-order chi connectivity index (χ1) is 9.43. The number of hydrogen-bond donors (Lipinski definition) is 1. The average Bonchev–Trinajstić information content (AvgIpc) is 2.91. The molecule has 0 aromatic carbocycles. The molecule has 106 valence electrons. The number of rotatable bonds is 3. The zero-order chi connectivity index (χ0) is 14.9. The van der Waals surface area contributed by atoms with Gasteiger partial charge in [0.15, 0.2) is 0 Å². The number of methoxy groups -OCH3 is 1. The molecule has 1 amide bonds. The number of hydrogen-bond acceptors (Lipinski definition) is 5. The first-order valence-electron chi connectivity index (χ1n) is 5.61. The van der Waals surface area contributed by atoms with Gasteiger partial charge in [-0.2, -0.15) is 5.10 Å². The lowest BCUT2D eigenvalue weighted by Gasteiger charge is -2.06. The van der Waals surface area contributed by atoms with Gasteiger partial charge in [-0.3, -0.25) is 9.48 Å². The van der Waals surface area contributed by atoms with Crippen molar-refractivity contribution in [3.05, 3.63) is 32.0 Å². The smallest absolute Gasteiger partial charge is 0.340 e. The molecule has 2 heterocycles. The van der Waals surface area contributed by atoms with Crippen molar-refractivity contribution in [3.8, 4) is 0 Å². The number of nitrogens with one attached hydrogen (secondary N) is 1. The maximum atomic E-state index is 12.3. The molecule has 0 aliphatic carbocycles.